The third kappa shape index (κ3) is 5.53. The van der Waals surface area contributed by atoms with Gasteiger partial charge in [0.25, 0.3) is 11.8 Å². The smallest absolute Gasteiger partial charge is 0.326 e. The van der Waals surface area contributed by atoms with Crippen LogP contribution in [0.3, 0.4) is 0 Å². The number of nitrogens with one attached hydrogen (secondary N) is 2. The van der Waals surface area contributed by atoms with E-state index in [4.69, 9.17) is 4.74 Å². The Hall–Kier alpha value is -3.43. The molecule has 1 aromatic carbocycles. The van der Waals surface area contributed by atoms with E-state index < -0.39 is 29.9 Å². The van der Waals surface area contributed by atoms with Crippen molar-refractivity contribution in [1.29, 1.82) is 0 Å². The lowest BCUT2D eigenvalue weighted by atomic mass is 10.2. The Balaban J connectivity index is 1.68. The highest BCUT2D eigenvalue weighted by atomic mass is 16.5. The molecule has 28 heavy (non-hydrogen) atoms. The zero-order valence-electron chi connectivity index (χ0n) is 15.6. The van der Waals surface area contributed by atoms with Crippen molar-refractivity contribution in [2.75, 3.05) is 20.1 Å². The molecular formula is C18H22N4O6. The summed E-state index contributed by atoms with van der Waals surface area (Å²) in [5.41, 5.74) is 4.78. The van der Waals surface area contributed by atoms with E-state index >= 15 is 0 Å². The van der Waals surface area contributed by atoms with Gasteiger partial charge in [-0.15, -0.1) is 0 Å². The molecule has 1 saturated heterocycles. The summed E-state index contributed by atoms with van der Waals surface area (Å²) < 4.78 is 4.99. The summed E-state index contributed by atoms with van der Waals surface area (Å²) in [4.78, 5) is 61.3. The number of amides is 5. The molecule has 10 nitrogen and oxygen atoms in total. The van der Waals surface area contributed by atoms with Crippen LogP contribution in [0.25, 0.3) is 0 Å². The van der Waals surface area contributed by atoms with Gasteiger partial charge in [-0.1, -0.05) is 18.2 Å². The molecule has 2 rings (SSSR count). The predicted molar refractivity (Wildman–Crippen MR) is 96.6 cm³/mol. The van der Waals surface area contributed by atoms with Gasteiger partial charge in [-0.2, -0.15) is 0 Å². The molecule has 2 N–H and O–H groups in total. The lowest BCUT2D eigenvalue weighted by Crippen LogP contribution is -2.46. The number of hydrogen-bond donors (Lipinski definition) is 2. The van der Waals surface area contributed by atoms with Crippen molar-refractivity contribution in [1.82, 2.24) is 20.7 Å². The molecule has 10 heteroatoms. The lowest BCUT2D eigenvalue weighted by Gasteiger charge is -2.15. The first-order valence-electron chi connectivity index (χ1n) is 8.69. The quantitative estimate of drug-likeness (QED) is 0.385. The molecule has 5 amide bonds. The minimum Gasteiger partial charge on any atom is -0.452 e. The molecular weight excluding hydrogens is 368 g/mol. The summed E-state index contributed by atoms with van der Waals surface area (Å²) >= 11 is 0. The van der Waals surface area contributed by atoms with Crippen LogP contribution in [0.1, 0.15) is 30.1 Å². The van der Waals surface area contributed by atoms with Crippen LogP contribution in [-0.4, -0.2) is 65.8 Å². The third-order valence-corrected chi connectivity index (χ3v) is 4.01. The maximum atomic E-state index is 11.9. The number of nitrogens with zero attached hydrogens (tertiary/aromatic N) is 2. The minimum atomic E-state index is -1.12. The van der Waals surface area contributed by atoms with E-state index in [1.165, 1.54) is 18.9 Å². The molecule has 1 aromatic rings. The summed E-state index contributed by atoms with van der Waals surface area (Å²) in [6.45, 7) is 1.49. The molecule has 0 bridgehead atoms. The molecule has 0 aromatic heterocycles. The van der Waals surface area contributed by atoms with E-state index in [1.807, 2.05) is 0 Å². The van der Waals surface area contributed by atoms with Crippen molar-refractivity contribution >= 4 is 29.7 Å². The van der Waals surface area contributed by atoms with Gasteiger partial charge in [-0.3, -0.25) is 34.9 Å². The molecule has 1 aliphatic rings. The van der Waals surface area contributed by atoms with Gasteiger partial charge < -0.3 is 9.64 Å². The zero-order valence-corrected chi connectivity index (χ0v) is 15.6. The average Bonchev–Trinajstić information content (AvgIpc) is 2.92. The Morgan fingerprint density at radius 3 is 2.43 bits per heavy atom. The number of hydrazine groups is 1. The van der Waals surface area contributed by atoms with Gasteiger partial charge in [0.15, 0.2) is 6.10 Å². The van der Waals surface area contributed by atoms with E-state index in [0.717, 1.165) is 4.90 Å². The Bertz CT molecular complexity index is 767. The van der Waals surface area contributed by atoms with E-state index in [1.54, 1.807) is 30.3 Å². The summed E-state index contributed by atoms with van der Waals surface area (Å²) in [6.07, 6.45) is -0.956. The molecule has 1 heterocycles. The van der Waals surface area contributed by atoms with Gasteiger partial charge in [-0.05, 0) is 25.5 Å². The SMILES string of the molecule is C[C@H](OC(=O)CCCN1C(=O)CN(C)C1=O)C(=O)NNC(=O)c1ccccc1. The van der Waals surface area contributed by atoms with E-state index in [-0.39, 0.29) is 31.8 Å². The number of carbonyl (C=O) groups excluding carboxylic acids is 5. The fourth-order valence-electron chi connectivity index (χ4n) is 2.46. The number of carbonyl (C=O) groups is 5. The fourth-order valence-corrected chi connectivity index (χ4v) is 2.46. The van der Waals surface area contributed by atoms with Crippen molar-refractivity contribution in [3.8, 4) is 0 Å². The normalized spacial score (nSPS) is 14.6. The first-order chi connectivity index (χ1) is 13.3. The van der Waals surface area contributed by atoms with E-state index in [9.17, 15) is 24.0 Å². The van der Waals surface area contributed by atoms with Crippen molar-refractivity contribution in [2.45, 2.75) is 25.9 Å². The zero-order chi connectivity index (χ0) is 20.7. The Morgan fingerprint density at radius 2 is 1.82 bits per heavy atom. The highest BCUT2D eigenvalue weighted by molar-refractivity contribution is 6.01. The standard InChI is InChI=1S/C18H22N4O6/c1-12(16(25)19-20-17(26)13-7-4-3-5-8-13)28-15(24)9-6-10-22-14(23)11-21(2)18(22)27/h3-5,7-8,12H,6,9-11H2,1-2H3,(H,19,25)(H,20,26)/t12-/m0/s1. The van der Waals surface area contributed by atoms with Gasteiger partial charge in [0.2, 0.25) is 5.91 Å². The van der Waals surface area contributed by atoms with E-state index in [0.29, 0.717) is 5.56 Å². The van der Waals surface area contributed by atoms with Gasteiger partial charge in [0, 0.05) is 25.6 Å². The molecule has 0 saturated carbocycles. The molecule has 0 spiro atoms. The fraction of sp³-hybridized carbons (Fsp3) is 0.389. The summed E-state index contributed by atoms with van der Waals surface area (Å²) in [7, 11) is 1.52. The van der Waals surface area contributed by atoms with Crippen molar-refractivity contribution in [3.05, 3.63) is 35.9 Å². The van der Waals surface area contributed by atoms with Crippen LogP contribution < -0.4 is 10.9 Å². The molecule has 1 aliphatic heterocycles. The second kappa shape index (κ2) is 9.49. The van der Waals surface area contributed by atoms with Crippen LogP contribution in [0.4, 0.5) is 4.79 Å². The largest absolute Gasteiger partial charge is 0.452 e. The van der Waals surface area contributed by atoms with Crippen molar-refractivity contribution in [3.63, 3.8) is 0 Å². The first kappa shape index (κ1) is 20.9. The monoisotopic (exact) mass is 390 g/mol. The summed E-state index contributed by atoms with van der Waals surface area (Å²) in [5, 5.41) is 0. The average molecular weight is 390 g/mol. The number of hydrogen-bond acceptors (Lipinski definition) is 6. The Kier molecular flexibility index (Phi) is 7.08. The third-order valence-electron chi connectivity index (χ3n) is 4.01. The van der Waals surface area contributed by atoms with Gasteiger partial charge >= 0.3 is 12.0 Å². The second-order valence-electron chi connectivity index (χ2n) is 6.23. The number of benzene rings is 1. The number of urea groups is 1. The highest BCUT2D eigenvalue weighted by Gasteiger charge is 2.33. The van der Waals surface area contributed by atoms with Crippen LogP contribution >= 0.6 is 0 Å². The molecule has 0 radical (unpaired) electrons. The number of ether oxygens (including phenoxy) is 1. The molecule has 1 fully saturated rings. The van der Waals surface area contributed by atoms with Gasteiger partial charge in [0.1, 0.15) is 6.54 Å². The second-order valence-corrected chi connectivity index (χ2v) is 6.23. The van der Waals surface area contributed by atoms with Crippen molar-refractivity contribution in [2.24, 2.45) is 0 Å². The number of likely N-dealkylation sites (N-methyl/N-ethyl adjacent to an activating group) is 1. The maximum absolute atomic E-state index is 11.9. The molecule has 0 aliphatic carbocycles. The van der Waals surface area contributed by atoms with Crippen LogP contribution in [0.15, 0.2) is 30.3 Å². The first-order valence-corrected chi connectivity index (χ1v) is 8.69. The van der Waals surface area contributed by atoms with Crippen LogP contribution in [0.2, 0.25) is 0 Å². The van der Waals surface area contributed by atoms with Crippen LogP contribution in [0, 0.1) is 0 Å². The van der Waals surface area contributed by atoms with E-state index in [2.05, 4.69) is 10.9 Å². The molecule has 1 atom stereocenters. The predicted octanol–water partition coefficient (Wildman–Crippen LogP) is 0.0535. The molecule has 150 valence electrons. The Labute approximate surface area is 161 Å². The van der Waals surface area contributed by atoms with Crippen LogP contribution in [0.5, 0.6) is 0 Å². The summed E-state index contributed by atoms with van der Waals surface area (Å²) in [5.74, 6) is -2.16. The minimum absolute atomic E-state index is 0.0230. The number of rotatable bonds is 7. The maximum Gasteiger partial charge on any atom is 0.326 e. The lowest BCUT2D eigenvalue weighted by molar-refractivity contribution is -0.155. The molecule has 0 unspecified atom stereocenters. The highest BCUT2D eigenvalue weighted by Crippen LogP contribution is 2.09. The van der Waals surface area contributed by atoms with Crippen molar-refractivity contribution < 1.29 is 28.7 Å². The van der Waals surface area contributed by atoms with Gasteiger partial charge in [0.05, 0.1) is 0 Å². The van der Waals surface area contributed by atoms with Gasteiger partial charge in [-0.25, -0.2) is 4.79 Å². The Morgan fingerprint density at radius 1 is 1.14 bits per heavy atom. The number of esters is 1. The number of imide groups is 1. The van der Waals surface area contributed by atoms with Crippen LogP contribution in [-0.2, 0) is 19.1 Å². The summed E-state index contributed by atoms with van der Waals surface area (Å²) in [6, 6.07) is 7.88. The topological polar surface area (TPSA) is 125 Å².